The van der Waals surface area contributed by atoms with E-state index in [4.69, 9.17) is 23.7 Å². The van der Waals surface area contributed by atoms with Gasteiger partial charge in [-0.3, -0.25) is 9.59 Å². The van der Waals surface area contributed by atoms with Crippen molar-refractivity contribution < 1.29 is 42.9 Å². The fourth-order valence-corrected chi connectivity index (χ4v) is 3.12. The van der Waals surface area contributed by atoms with E-state index in [-0.39, 0.29) is 12.2 Å². The Hall–Kier alpha value is -3.72. The van der Waals surface area contributed by atoms with Crippen molar-refractivity contribution in [3.63, 3.8) is 0 Å². The summed E-state index contributed by atoms with van der Waals surface area (Å²) in [6.07, 6.45) is -4.83. The van der Waals surface area contributed by atoms with E-state index in [9.17, 15) is 19.2 Å². The van der Waals surface area contributed by atoms with E-state index in [0.29, 0.717) is 5.56 Å². The zero-order valence-corrected chi connectivity index (χ0v) is 17.5. The lowest BCUT2D eigenvalue weighted by Crippen LogP contribution is -2.42. The van der Waals surface area contributed by atoms with E-state index in [1.807, 2.05) is 0 Å². The van der Waals surface area contributed by atoms with Crippen LogP contribution in [0.2, 0.25) is 0 Å². The first kappa shape index (κ1) is 23.0. The van der Waals surface area contributed by atoms with Crippen molar-refractivity contribution in [2.24, 2.45) is 0 Å². The van der Waals surface area contributed by atoms with Crippen LogP contribution >= 0.6 is 0 Å². The molecule has 0 bridgehead atoms. The molecule has 1 aliphatic heterocycles. The third kappa shape index (κ3) is 5.92. The molecule has 9 heteroatoms. The van der Waals surface area contributed by atoms with Crippen molar-refractivity contribution >= 4 is 23.9 Å². The number of carbonyl (C=O) groups is 4. The number of carbonyl (C=O) groups excluding carboxylic acids is 4. The number of benzene rings is 2. The number of esters is 4. The van der Waals surface area contributed by atoms with Crippen LogP contribution in [0.3, 0.4) is 0 Å². The monoisotopic (exact) mass is 442 g/mol. The van der Waals surface area contributed by atoms with E-state index in [1.165, 1.54) is 0 Å². The van der Waals surface area contributed by atoms with Gasteiger partial charge in [-0.2, -0.15) is 0 Å². The summed E-state index contributed by atoms with van der Waals surface area (Å²) in [5.41, 5.74) is 0.571. The molecule has 2 unspecified atom stereocenters. The molecule has 0 aliphatic carbocycles. The second-order valence-corrected chi connectivity index (χ2v) is 6.93. The average Bonchev–Trinajstić information content (AvgIpc) is 3.08. The normalized spacial score (nSPS) is 21.9. The van der Waals surface area contributed by atoms with E-state index >= 15 is 0 Å². The molecule has 0 spiro atoms. The molecule has 1 heterocycles. The summed E-state index contributed by atoms with van der Waals surface area (Å²) in [6.45, 7) is 1.97. The summed E-state index contributed by atoms with van der Waals surface area (Å²) in [5, 5.41) is 0. The fourth-order valence-electron chi connectivity index (χ4n) is 3.12. The Bertz CT molecular complexity index is 958. The first-order chi connectivity index (χ1) is 15.3. The summed E-state index contributed by atoms with van der Waals surface area (Å²) in [6, 6.07) is 16.4. The highest BCUT2D eigenvalue weighted by atomic mass is 16.8. The van der Waals surface area contributed by atoms with E-state index in [1.54, 1.807) is 60.7 Å². The maximum absolute atomic E-state index is 12.6. The molecule has 0 N–H and O–H groups in total. The average molecular weight is 442 g/mol. The standard InChI is InChI=1S/C23H22O9/c1-14(24)29-20-19(32-22(27)17-11-7-4-8-12-17)18(31-23(20)30-15(2)25)13-28-21(26)16-9-5-3-6-10-16/h3-12,18-20,23H,13H2,1-2H3/t18-,19?,20?,23-/m0/s1. The van der Waals surface area contributed by atoms with Gasteiger partial charge in [0.25, 0.3) is 0 Å². The van der Waals surface area contributed by atoms with Crippen LogP contribution in [0, 0.1) is 0 Å². The molecular weight excluding hydrogens is 420 g/mol. The molecule has 168 valence electrons. The fraction of sp³-hybridized carbons (Fsp3) is 0.304. The second-order valence-electron chi connectivity index (χ2n) is 6.93. The topological polar surface area (TPSA) is 114 Å². The molecule has 9 nitrogen and oxygen atoms in total. The van der Waals surface area contributed by atoms with Crippen molar-refractivity contribution in [2.45, 2.75) is 38.4 Å². The molecule has 3 rings (SSSR count). The summed E-state index contributed by atoms with van der Waals surface area (Å²) in [5.74, 6) is -2.72. The summed E-state index contributed by atoms with van der Waals surface area (Å²) < 4.78 is 26.8. The van der Waals surface area contributed by atoms with Gasteiger partial charge in [0.05, 0.1) is 11.1 Å². The van der Waals surface area contributed by atoms with Gasteiger partial charge in [0.15, 0.2) is 6.10 Å². The lowest BCUT2D eigenvalue weighted by Gasteiger charge is -2.23. The Kier molecular flexibility index (Phi) is 7.56. The third-order valence-electron chi connectivity index (χ3n) is 4.49. The zero-order valence-electron chi connectivity index (χ0n) is 17.5. The molecule has 0 saturated carbocycles. The summed E-state index contributed by atoms with van der Waals surface area (Å²) >= 11 is 0. The SMILES string of the molecule is CC(=O)OC1C(OC(=O)c2ccccc2)[C@H](COC(=O)c2ccccc2)O[C@@H]1OC(C)=O. The van der Waals surface area contributed by atoms with Gasteiger partial charge in [-0.25, -0.2) is 9.59 Å². The van der Waals surface area contributed by atoms with Crippen molar-refractivity contribution in [3.05, 3.63) is 71.8 Å². The van der Waals surface area contributed by atoms with Crippen LogP contribution in [0.1, 0.15) is 34.6 Å². The molecule has 2 aromatic carbocycles. The number of hydrogen-bond acceptors (Lipinski definition) is 9. The summed E-state index contributed by atoms with van der Waals surface area (Å²) in [7, 11) is 0. The Morgan fingerprint density at radius 2 is 1.25 bits per heavy atom. The molecule has 1 aliphatic rings. The van der Waals surface area contributed by atoms with Crippen LogP contribution in [0.4, 0.5) is 0 Å². The highest BCUT2D eigenvalue weighted by Crippen LogP contribution is 2.29. The molecule has 0 amide bonds. The number of ether oxygens (including phenoxy) is 5. The van der Waals surface area contributed by atoms with E-state index < -0.39 is 48.5 Å². The smallest absolute Gasteiger partial charge is 0.338 e. The van der Waals surface area contributed by atoms with Crippen molar-refractivity contribution in [1.82, 2.24) is 0 Å². The minimum Gasteiger partial charge on any atom is -0.459 e. The second kappa shape index (κ2) is 10.5. The zero-order chi connectivity index (χ0) is 23.1. The highest BCUT2D eigenvalue weighted by molar-refractivity contribution is 5.90. The van der Waals surface area contributed by atoms with Crippen LogP contribution < -0.4 is 0 Å². The number of hydrogen-bond donors (Lipinski definition) is 0. The quantitative estimate of drug-likeness (QED) is 0.470. The van der Waals surface area contributed by atoms with Crippen LogP contribution in [0.25, 0.3) is 0 Å². The molecule has 0 aromatic heterocycles. The van der Waals surface area contributed by atoms with Gasteiger partial charge in [0.2, 0.25) is 12.4 Å². The van der Waals surface area contributed by atoms with Crippen LogP contribution in [0.15, 0.2) is 60.7 Å². The minimum absolute atomic E-state index is 0.255. The maximum Gasteiger partial charge on any atom is 0.338 e. The molecular formula is C23H22O9. The molecule has 1 fully saturated rings. The largest absolute Gasteiger partial charge is 0.459 e. The number of rotatable bonds is 7. The van der Waals surface area contributed by atoms with Crippen LogP contribution in [-0.4, -0.2) is 55.1 Å². The first-order valence-electron chi connectivity index (χ1n) is 9.83. The van der Waals surface area contributed by atoms with Crippen molar-refractivity contribution in [1.29, 1.82) is 0 Å². The van der Waals surface area contributed by atoms with Gasteiger partial charge in [-0.1, -0.05) is 36.4 Å². The molecule has 32 heavy (non-hydrogen) atoms. The van der Waals surface area contributed by atoms with Gasteiger partial charge >= 0.3 is 23.9 Å². The molecule has 2 aromatic rings. The first-order valence-corrected chi connectivity index (χ1v) is 9.83. The van der Waals surface area contributed by atoms with E-state index in [0.717, 1.165) is 13.8 Å². The van der Waals surface area contributed by atoms with Gasteiger partial charge < -0.3 is 23.7 Å². The predicted molar refractivity (Wildman–Crippen MR) is 108 cm³/mol. The van der Waals surface area contributed by atoms with Crippen LogP contribution in [0.5, 0.6) is 0 Å². The van der Waals surface area contributed by atoms with Crippen LogP contribution in [-0.2, 0) is 33.3 Å². The molecule has 4 atom stereocenters. The van der Waals surface area contributed by atoms with Gasteiger partial charge in [-0.15, -0.1) is 0 Å². The molecule has 0 radical (unpaired) electrons. The van der Waals surface area contributed by atoms with Crippen molar-refractivity contribution in [3.8, 4) is 0 Å². The summed E-state index contributed by atoms with van der Waals surface area (Å²) in [4.78, 5) is 48.1. The highest BCUT2D eigenvalue weighted by Gasteiger charge is 2.51. The van der Waals surface area contributed by atoms with Crippen molar-refractivity contribution in [2.75, 3.05) is 6.61 Å². The lowest BCUT2D eigenvalue weighted by atomic mass is 10.1. The van der Waals surface area contributed by atoms with Gasteiger partial charge in [0.1, 0.15) is 12.7 Å². The Morgan fingerprint density at radius 3 is 1.78 bits per heavy atom. The lowest BCUT2D eigenvalue weighted by molar-refractivity contribution is -0.196. The third-order valence-corrected chi connectivity index (χ3v) is 4.49. The predicted octanol–water partition coefficient (Wildman–Crippen LogP) is 2.29. The van der Waals surface area contributed by atoms with E-state index in [2.05, 4.69) is 0 Å². The maximum atomic E-state index is 12.6. The van der Waals surface area contributed by atoms with Gasteiger partial charge in [0, 0.05) is 13.8 Å². The Morgan fingerprint density at radius 1 is 0.719 bits per heavy atom. The molecule has 1 saturated heterocycles. The minimum atomic E-state index is -1.34. The Labute approximate surface area is 184 Å². The van der Waals surface area contributed by atoms with Gasteiger partial charge in [-0.05, 0) is 24.3 Å². The Balaban J connectivity index is 1.80.